The highest BCUT2D eigenvalue weighted by atomic mass is 16.2. The van der Waals surface area contributed by atoms with Crippen molar-refractivity contribution in [3.63, 3.8) is 0 Å². The number of hydrazine groups is 1. The third-order valence-electron chi connectivity index (χ3n) is 1.18. The maximum absolute atomic E-state index is 11.0. The van der Waals surface area contributed by atoms with E-state index in [-0.39, 0.29) is 5.91 Å². The number of nitrogens with zero attached hydrogens (tertiary/aromatic N) is 2. The van der Waals surface area contributed by atoms with Gasteiger partial charge in [0.25, 0.3) is 5.91 Å². The maximum Gasteiger partial charge on any atom is 0.287 e. The molecular formula is C5H9N5O. The number of hydrogen-bond donors (Lipinski definition) is 3. The second-order valence-corrected chi connectivity index (χ2v) is 1.99. The normalized spacial score (nSPS) is 9.64. The molecule has 6 nitrogen and oxygen atoms in total. The summed E-state index contributed by atoms with van der Waals surface area (Å²) < 4.78 is 0. The Balaban J connectivity index is 2.76. The predicted octanol–water partition coefficient (Wildman–Crippen LogP) is -1.02. The first-order valence-electron chi connectivity index (χ1n) is 3.10. The van der Waals surface area contributed by atoms with Gasteiger partial charge in [-0.25, -0.2) is 5.43 Å². The minimum atomic E-state index is -0.293. The summed E-state index contributed by atoms with van der Waals surface area (Å²) >= 11 is 0. The molecule has 0 radical (unpaired) electrons. The summed E-state index contributed by atoms with van der Waals surface area (Å²) in [7, 11) is 1.60. The molecule has 3 N–H and O–H groups in total. The van der Waals surface area contributed by atoms with Crippen LogP contribution in [0.25, 0.3) is 0 Å². The summed E-state index contributed by atoms with van der Waals surface area (Å²) in [6.07, 6.45) is 0. The first kappa shape index (κ1) is 7.67. The van der Waals surface area contributed by atoms with Gasteiger partial charge in [0.15, 0.2) is 5.69 Å². The first-order valence-corrected chi connectivity index (χ1v) is 3.10. The molecule has 0 aliphatic carbocycles. The maximum atomic E-state index is 11.0. The number of rotatable bonds is 2. The van der Waals surface area contributed by atoms with Crippen molar-refractivity contribution in [2.75, 3.05) is 7.05 Å². The zero-order chi connectivity index (χ0) is 8.27. The standard InChI is InChI=1S/C5H9N5O/c1-3-4(8-10-7-3)5(11)9-6-2/h6H,1-2H3,(H,9,11)(H,7,8,10). The second-order valence-electron chi connectivity index (χ2n) is 1.99. The smallest absolute Gasteiger partial charge is 0.286 e. The van der Waals surface area contributed by atoms with Crippen LogP contribution in [0.4, 0.5) is 0 Å². The van der Waals surface area contributed by atoms with Crippen molar-refractivity contribution in [1.29, 1.82) is 0 Å². The molecule has 0 atom stereocenters. The molecule has 1 heterocycles. The van der Waals surface area contributed by atoms with Crippen molar-refractivity contribution in [3.05, 3.63) is 11.4 Å². The summed E-state index contributed by atoms with van der Waals surface area (Å²) in [5.41, 5.74) is 5.83. The highest BCUT2D eigenvalue weighted by Gasteiger charge is 2.10. The highest BCUT2D eigenvalue weighted by Crippen LogP contribution is 1.96. The van der Waals surface area contributed by atoms with E-state index in [4.69, 9.17) is 0 Å². The molecule has 0 saturated carbocycles. The number of carbonyl (C=O) groups is 1. The van der Waals surface area contributed by atoms with Crippen LogP contribution in [0.3, 0.4) is 0 Å². The summed E-state index contributed by atoms with van der Waals surface area (Å²) in [5, 5.41) is 9.60. The Morgan fingerprint density at radius 3 is 2.82 bits per heavy atom. The number of amides is 1. The fraction of sp³-hybridized carbons (Fsp3) is 0.400. The van der Waals surface area contributed by atoms with E-state index in [2.05, 4.69) is 26.3 Å². The number of carbonyl (C=O) groups excluding carboxylic acids is 1. The molecule has 11 heavy (non-hydrogen) atoms. The summed E-state index contributed by atoms with van der Waals surface area (Å²) in [5.74, 6) is -0.293. The molecule has 0 spiro atoms. The lowest BCUT2D eigenvalue weighted by atomic mass is 10.3. The van der Waals surface area contributed by atoms with Crippen molar-refractivity contribution >= 4 is 5.91 Å². The molecule has 0 aliphatic heterocycles. The van der Waals surface area contributed by atoms with Gasteiger partial charge in [0, 0.05) is 7.05 Å². The Morgan fingerprint density at radius 1 is 1.64 bits per heavy atom. The quantitative estimate of drug-likeness (QED) is 0.477. The summed E-state index contributed by atoms with van der Waals surface area (Å²) in [6.45, 7) is 1.73. The number of H-pyrrole nitrogens is 1. The zero-order valence-corrected chi connectivity index (χ0v) is 6.30. The van der Waals surface area contributed by atoms with Crippen LogP contribution in [0.15, 0.2) is 0 Å². The number of hydrogen-bond acceptors (Lipinski definition) is 4. The molecule has 0 unspecified atom stereocenters. The van der Waals surface area contributed by atoms with E-state index < -0.39 is 0 Å². The monoisotopic (exact) mass is 155 g/mol. The number of aromatic amines is 1. The Morgan fingerprint density at radius 2 is 2.36 bits per heavy atom. The summed E-state index contributed by atoms with van der Waals surface area (Å²) in [4.78, 5) is 11.0. The summed E-state index contributed by atoms with van der Waals surface area (Å²) in [6, 6.07) is 0. The van der Waals surface area contributed by atoms with Gasteiger partial charge in [-0.15, -0.1) is 5.10 Å². The topological polar surface area (TPSA) is 82.7 Å². The fourth-order valence-electron chi connectivity index (χ4n) is 0.666. The highest BCUT2D eigenvalue weighted by molar-refractivity contribution is 5.92. The van der Waals surface area contributed by atoms with E-state index in [1.807, 2.05) is 0 Å². The van der Waals surface area contributed by atoms with Gasteiger partial charge in [-0.2, -0.15) is 0 Å². The van der Waals surface area contributed by atoms with Gasteiger partial charge in [0.2, 0.25) is 0 Å². The molecule has 0 aromatic carbocycles. The lowest BCUT2D eigenvalue weighted by Crippen LogP contribution is -2.34. The van der Waals surface area contributed by atoms with E-state index in [9.17, 15) is 4.79 Å². The number of aryl methyl sites for hydroxylation is 1. The van der Waals surface area contributed by atoms with Crippen LogP contribution < -0.4 is 10.9 Å². The molecule has 6 heteroatoms. The largest absolute Gasteiger partial charge is 0.287 e. The van der Waals surface area contributed by atoms with Gasteiger partial charge >= 0.3 is 0 Å². The third kappa shape index (κ3) is 1.53. The minimum Gasteiger partial charge on any atom is -0.286 e. The van der Waals surface area contributed by atoms with E-state index in [0.29, 0.717) is 11.4 Å². The lowest BCUT2D eigenvalue weighted by molar-refractivity contribution is 0.0932. The molecule has 1 rings (SSSR count). The molecule has 1 aromatic rings. The van der Waals surface area contributed by atoms with Crippen molar-refractivity contribution in [1.82, 2.24) is 26.3 Å². The average Bonchev–Trinajstić information content (AvgIpc) is 2.36. The van der Waals surface area contributed by atoms with Gasteiger partial charge in [-0.3, -0.25) is 15.3 Å². The van der Waals surface area contributed by atoms with Gasteiger partial charge in [-0.1, -0.05) is 5.21 Å². The van der Waals surface area contributed by atoms with Crippen LogP contribution >= 0.6 is 0 Å². The second kappa shape index (κ2) is 3.11. The van der Waals surface area contributed by atoms with Crippen molar-refractivity contribution in [3.8, 4) is 0 Å². The van der Waals surface area contributed by atoms with Gasteiger partial charge in [0.1, 0.15) is 0 Å². The molecule has 1 aromatic heterocycles. The zero-order valence-electron chi connectivity index (χ0n) is 6.30. The minimum absolute atomic E-state index is 0.293. The van der Waals surface area contributed by atoms with Crippen molar-refractivity contribution in [2.45, 2.75) is 6.92 Å². The molecule has 1 amide bonds. The van der Waals surface area contributed by atoms with Crippen LogP contribution in [0.5, 0.6) is 0 Å². The Hall–Kier alpha value is -1.43. The Kier molecular flexibility index (Phi) is 2.17. The van der Waals surface area contributed by atoms with E-state index in [1.54, 1.807) is 14.0 Å². The average molecular weight is 155 g/mol. The molecule has 0 fully saturated rings. The molecule has 0 bridgehead atoms. The van der Waals surface area contributed by atoms with Gasteiger partial charge in [-0.05, 0) is 6.92 Å². The molecule has 60 valence electrons. The van der Waals surface area contributed by atoms with Crippen LogP contribution in [-0.4, -0.2) is 28.4 Å². The van der Waals surface area contributed by atoms with Gasteiger partial charge < -0.3 is 0 Å². The molecular weight excluding hydrogens is 146 g/mol. The fourth-order valence-corrected chi connectivity index (χ4v) is 0.666. The lowest BCUT2D eigenvalue weighted by Gasteiger charge is -1.98. The number of aromatic nitrogens is 3. The number of nitrogens with one attached hydrogen (secondary N) is 3. The van der Waals surface area contributed by atoms with Crippen molar-refractivity contribution in [2.24, 2.45) is 0 Å². The van der Waals surface area contributed by atoms with E-state index in [1.165, 1.54) is 0 Å². The van der Waals surface area contributed by atoms with E-state index in [0.717, 1.165) is 0 Å². The molecule has 0 saturated heterocycles. The van der Waals surface area contributed by atoms with E-state index >= 15 is 0 Å². The first-order chi connectivity index (χ1) is 5.25. The predicted molar refractivity (Wildman–Crippen MR) is 37.6 cm³/mol. The molecule has 0 aliphatic rings. The van der Waals surface area contributed by atoms with Crippen molar-refractivity contribution < 1.29 is 4.79 Å². The van der Waals surface area contributed by atoms with Crippen LogP contribution in [-0.2, 0) is 0 Å². The van der Waals surface area contributed by atoms with Crippen LogP contribution in [0.2, 0.25) is 0 Å². The third-order valence-corrected chi connectivity index (χ3v) is 1.18. The van der Waals surface area contributed by atoms with Crippen LogP contribution in [0, 0.1) is 6.92 Å². The Labute approximate surface area is 63.3 Å². The Bertz CT molecular complexity index is 255. The van der Waals surface area contributed by atoms with Gasteiger partial charge in [0.05, 0.1) is 5.69 Å². The SMILES string of the molecule is CNNC(=O)c1nn[nH]c1C. The van der Waals surface area contributed by atoms with Crippen LogP contribution in [0.1, 0.15) is 16.2 Å².